The van der Waals surface area contributed by atoms with Gasteiger partial charge in [-0.25, -0.2) is 14.8 Å². The molecule has 4 aromatic rings. The van der Waals surface area contributed by atoms with Crippen molar-refractivity contribution in [2.24, 2.45) is 0 Å². The number of benzene rings is 2. The summed E-state index contributed by atoms with van der Waals surface area (Å²) in [5.41, 5.74) is 11.4. The first-order chi connectivity index (χ1) is 18.8. The number of hydrogen-bond acceptors (Lipinski definition) is 5. The number of alkyl carbamates (subject to hydrolysis) is 1. The maximum atomic E-state index is 12.7. The lowest BCUT2D eigenvalue weighted by Crippen LogP contribution is -2.40. The van der Waals surface area contributed by atoms with E-state index in [9.17, 15) is 9.59 Å². The summed E-state index contributed by atoms with van der Waals surface area (Å²) in [4.78, 5) is 41.4. The van der Waals surface area contributed by atoms with Gasteiger partial charge in [-0.1, -0.05) is 0 Å². The van der Waals surface area contributed by atoms with Gasteiger partial charge in [0.25, 0.3) is 0 Å². The first kappa shape index (κ1) is 26.2. The van der Waals surface area contributed by atoms with Crippen LogP contribution in [0.5, 0.6) is 0 Å². The summed E-state index contributed by atoms with van der Waals surface area (Å²) >= 11 is 0. The van der Waals surface area contributed by atoms with Crippen LogP contribution in [0.4, 0.5) is 4.79 Å². The fourth-order valence-electron chi connectivity index (χ4n) is 5.76. The first-order valence-electron chi connectivity index (χ1n) is 13.1. The molecular formula is C30H34N6O3. The van der Waals surface area contributed by atoms with E-state index in [1.165, 1.54) is 40.5 Å². The van der Waals surface area contributed by atoms with Crippen molar-refractivity contribution < 1.29 is 14.3 Å². The molecule has 1 fully saturated rings. The van der Waals surface area contributed by atoms with Crippen LogP contribution in [0.3, 0.4) is 0 Å². The number of rotatable bonds is 6. The van der Waals surface area contributed by atoms with Gasteiger partial charge in [-0.05, 0) is 98.2 Å². The molecule has 0 radical (unpaired) electrons. The number of hydrogen-bond donors (Lipinski definition) is 3. The van der Waals surface area contributed by atoms with Crippen molar-refractivity contribution in [1.29, 1.82) is 0 Å². The molecule has 1 unspecified atom stereocenters. The Morgan fingerprint density at radius 2 is 1.59 bits per heavy atom. The largest absolute Gasteiger partial charge is 0.453 e. The third kappa shape index (κ3) is 5.16. The smallest absolute Gasteiger partial charge is 0.407 e. The van der Waals surface area contributed by atoms with Gasteiger partial charge in [0.15, 0.2) is 0 Å². The summed E-state index contributed by atoms with van der Waals surface area (Å²) in [5, 5.41) is 2.47. The minimum Gasteiger partial charge on any atom is -0.453 e. The Morgan fingerprint density at radius 3 is 2.15 bits per heavy atom. The van der Waals surface area contributed by atoms with Gasteiger partial charge in [0.1, 0.15) is 12.4 Å². The van der Waals surface area contributed by atoms with Gasteiger partial charge in [-0.15, -0.1) is 0 Å². The van der Waals surface area contributed by atoms with Gasteiger partial charge in [0.2, 0.25) is 5.91 Å². The predicted molar refractivity (Wildman–Crippen MR) is 150 cm³/mol. The van der Waals surface area contributed by atoms with E-state index >= 15 is 0 Å². The zero-order valence-corrected chi connectivity index (χ0v) is 23.0. The second kappa shape index (κ2) is 10.8. The highest BCUT2D eigenvalue weighted by molar-refractivity contribution is 5.83. The van der Waals surface area contributed by atoms with Gasteiger partial charge in [0.05, 0.1) is 43.3 Å². The Kier molecular flexibility index (Phi) is 7.24. The van der Waals surface area contributed by atoms with Gasteiger partial charge >= 0.3 is 6.09 Å². The maximum absolute atomic E-state index is 12.7. The van der Waals surface area contributed by atoms with E-state index in [2.05, 4.69) is 81.9 Å². The van der Waals surface area contributed by atoms with E-state index in [1.807, 2.05) is 12.4 Å². The number of aromatic amines is 2. The Hall–Kier alpha value is -4.40. The quantitative estimate of drug-likeness (QED) is 0.312. The Morgan fingerprint density at radius 1 is 0.974 bits per heavy atom. The fraction of sp³-hybridized carbons (Fsp3) is 0.333. The molecule has 2 aromatic carbocycles. The van der Waals surface area contributed by atoms with Gasteiger partial charge in [0, 0.05) is 17.7 Å². The second-order valence-electron chi connectivity index (χ2n) is 10.2. The van der Waals surface area contributed by atoms with Crippen molar-refractivity contribution >= 4 is 12.0 Å². The number of H-pyrrole nitrogens is 2. The number of amides is 2. The summed E-state index contributed by atoms with van der Waals surface area (Å²) in [7, 11) is 1.28. The van der Waals surface area contributed by atoms with Gasteiger partial charge in [-0.2, -0.15) is 0 Å². The molecule has 0 saturated carbocycles. The molecule has 0 aliphatic carbocycles. The highest BCUT2D eigenvalue weighted by Gasteiger charge is 2.32. The molecule has 39 heavy (non-hydrogen) atoms. The molecule has 0 spiro atoms. The number of imidazole rings is 2. The van der Waals surface area contributed by atoms with E-state index in [4.69, 9.17) is 0 Å². The fourth-order valence-corrected chi connectivity index (χ4v) is 5.76. The number of nitrogens with zero attached hydrogens (tertiary/aromatic N) is 3. The summed E-state index contributed by atoms with van der Waals surface area (Å²) in [6.07, 6.45) is 6.47. The molecule has 1 saturated heterocycles. The summed E-state index contributed by atoms with van der Waals surface area (Å²) in [5.74, 6) is 0.607. The van der Waals surface area contributed by atoms with E-state index in [0.29, 0.717) is 6.54 Å². The number of carbonyl (C=O) groups is 2. The summed E-state index contributed by atoms with van der Waals surface area (Å²) in [6.45, 7) is 9.15. The molecule has 2 amide bonds. The van der Waals surface area contributed by atoms with E-state index in [-0.39, 0.29) is 18.5 Å². The second-order valence-corrected chi connectivity index (χ2v) is 10.2. The zero-order chi connectivity index (χ0) is 27.7. The van der Waals surface area contributed by atoms with Gasteiger partial charge in [-0.3, -0.25) is 4.79 Å². The molecule has 3 heterocycles. The van der Waals surface area contributed by atoms with Crippen LogP contribution < -0.4 is 5.32 Å². The number of nitrogens with one attached hydrogen (secondary N) is 3. The minimum atomic E-state index is -0.618. The lowest BCUT2D eigenvalue weighted by molar-refractivity contribution is -0.131. The van der Waals surface area contributed by atoms with Crippen molar-refractivity contribution in [3.8, 4) is 33.6 Å². The predicted octanol–water partition coefficient (Wildman–Crippen LogP) is 5.39. The van der Waals surface area contributed by atoms with Crippen LogP contribution in [0, 0.1) is 27.7 Å². The number of carbonyl (C=O) groups excluding carboxylic acids is 2. The monoisotopic (exact) mass is 526 g/mol. The number of aromatic nitrogens is 4. The number of methoxy groups -OCH3 is 1. The van der Waals surface area contributed by atoms with Crippen LogP contribution in [0.25, 0.3) is 33.6 Å². The lowest BCUT2D eigenvalue weighted by Gasteiger charge is -2.23. The molecule has 2 aromatic heterocycles. The SMILES string of the molecule is COC(=O)NCC(=O)N1CCCC1c1ncc(-c2cc(C)c(-c3c(C)cc(-c4cnc[nH]4)cc3C)c(C)c2)[nH]1. The molecule has 202 valence electrons. The van der Waals surface area contributed by atoms with Crippen LogP contribution in [0.1, 0.15) is 47.0 Å². The van der Waals surface area contributed by atoms with Crippen LogP contribution >= 0.6 is 0 Å². The van der Waals surface area contributed by atoms with Crippen LogP contribution in [0.2, 0.25) is 0 Å². The van der Waals surface area contributed by atoms with Crippen molar-refractivity contribution in [2.75, 3.05) is 20.2 Å². The molecule has 9 nitrogen and oxygen atoms in total. The molecular weight excluding hydrogens is 492 g/mol. The van der Waals surface area contributed by atoms with Crippen molar-refractivity contribution in [3.63, 3.8) is 0 Å². The third-order valence-electron chi connectivity index (χ3n) is 7.49. The van der Waals surface area contributed by atoms with Crippen molar-refractivity contribution in [3.05, 3.63) is 71.1 Å². The summed E-state index contributed by atoms with van der Waals surface area (Å²) < 4.78 is 4.57. The van der Waals surface area contributed by atoms with Crippen molar-refractivity contribution in [1.82, 2.24) is 30.2 Å². The molecule has 1 aliphatic heterocycles. The normalized spacial score (nSPS) is 15.0. The van der Waals surface area contributed by atoms with Crippen molar-refractivity contribution in [2.45, 2.75) is 46.6 Å². The molecule has 9 heteroatoms. The van der Waals surface area contributed by atoms with E-state index < -0.39 is 6.09 Å². The summed E-state index contributed by atoms with van der Waals surface area (Å²) in [6, 6.07) is 8.65. The van der Waals surface area contributed by atoms with Crippen LogP contribution in [0.15, 0.2) is 43.0 Å². The molecule has 1 atom stereocenters. The number of aryl methyl sites for hydroxylation is 4. The number of likely N-dealkylation sites (tertiary alicyclic amines) is 1. The third-order valence-corrected chi connectivity index (χ3v) is 7.49. The van der Waals surface area contributed by atoms with Crippen LogP contribution in [-0.4, -0.2) is 57.0 Å². The Balaban J connectivity index is 1.40. The average molecular weight is 527 g/mol. The molecule has 1 aliphatic rings. The molecule has 5 rings (SSSR count). The maximum Gasteiger partial charge on any atom is 0.407 e. The standard InChI is InChI=1S/C30H34N6O3/c1-17-9-21(23-13-31-16-34-23)10-18(2)27(17)28-19(3)11-22(12-20(28)4)24-14-32-29(35-24)25-7-6-8-36(25)26(37)15-33-30(38)39-5/h9-14,16,25H,6-8,15H2,1-5H3,(H,31,34)(H,32,35)(H,33,38). The highest BCUT2D eigenvalue weighted by atomic mass is 16.5. The van der Waals surface area contributed by atoms with Crippen LogP contribution in [-0.2, 0) is 9.53 Å². The highest BCUT2D eigenvalue weighted by Crippen LogP contribution is 2.38. The first-order valence-corrected chi connectivity index (χ1v) is 13.1. The minimum absolute atomic E-state index is 0.0989. The van der Waals surface area contributed by atoms with E-state index in [0.717, 1.165) is 41.2 Å². The van der Waals surface area contributed by atoms with E-state index in [1.54, 1.807) is 11.2 Å². The molecule has 0 bridgehead atoms. The lowest BCUT2D eigenvalue weighted by atomic mass is 9.86. The Labute approximate surface area is 228 Å². The Bertz CT molecular complexity index is 1480. The average Bonchev–Trinajstić information content (AvgIpc) is 3.69. The molecule has 3 N–H and O–H groups in total. The number of ether oxygens (including phenoxy) is 1. The zero-order valence-electron chi connectivity index (χ0n) is 23.0. The van der Waals surface area contributed by atoms with Gasteiger partial charge < -0.3 is 24.9 Å². The topological polar surface area (TPSA) is 116 Å².